The minimum atomic E-state index is -0.289. The van der Waals surface area contributed by atoms with Gasteiger partial charge in [-0.1, -0.05) is 20.8 Å². The van der Waals surface area contributed by atoms with E-state index in [0.717, 1.165) is 5.39 Å². The first-order valence-electron chi connectivity index (χ1n) is 5.57. The Hall–Kier alpha value is -1.64. The normalized spacial score (nSPS) is 11.8. The number of aromatic nitrogens is 1. The molecule has 0 aliphatic heterocycles. The third-order valence-corrected chi connectivity index (χ3v) is 2.74. The molecule has 0 atom stereocenters. The molecule has 1 aromatic carbocycles. The monoisotopic (exact) mass is 233 g/mol. The molecule has 17 heavy (non-hydrogen) atoms. The van der Waals surface area contributed by atoms with E-state index in [1.165, 1.54) is 6.07 Å². The van der Waals surface area contributed by atoms with E-state index < -0.39 is 0 Å². The summed E-state index contributed by atoms with van der Waals surface area (Å²) < 4.78 is 19.1. The van der Waals surface area contributed by atoms with Gasteiger partial charge in [-0.05, 0) is 23.6 Å². The van der Waals surface area contributed by atoms with Crippen LogP contribution in [0.2, 0.25) is 0 Å². The van der Waals surface area contributed by atoms with Crippen molar-refractivity contribution >= 4 is 10.9 Å². The van der Waals surface area contributed by atoms with Crippen molar-refractivity contribution in [2.75, 3.05) is 7.11 Å². The maximum Gasteiger partial charge on any atom is 0.213 e. The molecular formula is C14H16FNO. The standard InChI is InChI=1S/C14H16FNO/c1-14(2,3)12-10(15)7-5-9-6-8-11(17-4)16-13(9)12/h5-8H,1-4H3. The third-order valence-electron chi connectivity index (χ3n) is 2.74. The minimum Gasteiger partial charge on any atom is -0.481 e. The van der Waals surface area contributed by atoms with Crippen LogP contribution in [0.15, 0.2) is 24.3 Å². The van der Waals surface area contributed by atoms with Crippen molar-refractivity contribution in [2.24, 2.45) is 0 Å². The summed E-state index contributed by atoms with van der Waals surface area (Å²) >= 11 is 0. The number of hydrogen-bond donors (Lipinski definition) is 0. The van der Waals surface area contributed by atoms with Crippen molar-refractivity contribution in [3.63, 3.8) is 0 Å². The Morgan fingerprint density at radius 2 is 1.76 bits per heavy atom. The maximum absolute atomic E-state index is 14.0. The lowest BCUT2D eigenvalue weighted by molar-refractivity contribution is 0.399. The van der Waals surface area contributed by atoms with Gasteiger partial charge in [0.15, 0.2) is 0 Å². The van der Waals surface area contributed by atoms with Crippen LogP contribution in [-0.2, 0) is 5.41 Å². The molecule has 2 aromatic rings. The first-order valence-corrected chi connectivity index (χ1v) is 5.57. The Bertz CT molecular complexity index is 558. The zero-order valence-electron chi connectivity index (χ0n) is 10.5. The molecule has 3 heteroatoms. The number of ether oxygens (including phenoxy) is 1. The van der Waals surface area contributed by atoms with Gasteiger partial charge in [0.25, 0.3) is 0 Å². The Labute approximate surface area is 100 Å². The van der Waals surface area contributed by atoms with E-state index in [4.69, 9.17) is 4.74 Å². The zero-order valence-corrected chi connectivity index (χ0v) is 10.5. The Kier molecular flexibility index (Phi) is 2.77. The maximum atomic E-state index is 14.0. The highest BCUT2D eigenvalue weighted by molar-refractivity contribution is 5.83. The molecule has 0 amide bonds. The molecule has 0 fully saturated rings. The molecule has 2 rings (SSSR count). The average Bonchev–Trinajstić information content (AvgIpc) is 2.26. The molecule has 2 nitrogen and oxygen atoms in total. The van der Waals surface area contributed by atoms with Crippen LogP contribution in [0.1, 0.15) is 26.3 Å². The van der Waals surface area contributed by atoms with Crippen LogP contribution in [0.25, 0.3) is 10.9 Å². The first-order chi connectivity index (χ1) is 7.93. The summed E-state index contributed by atoms with van der Waals surface area (Å²) in [5.74, 6) is 0.291. The van der Waals surface area contributed by atoms with Gasteiger partial charge in [0.05, 0.1) is 12.6 Å². The molecule has 90 valence electrons. The number of fused-ring (bicyclic) bond motifs is 1. The Morgan fingerprint density at radius 1 is 1.12 bits per heavy atom. The lowest BCUT2D eigenvalue weighted by Crippen LogP contribution is -2.15. The smallest absolute Gasteiger partial charge is 0.213 e. The van der Waals surface area contributed by atoms with Gasteiger partial charge in [-0.2, -0.15) is 0 Å². The van der Waals surface area contributed by atoms with Crippen molar-refractivity contribution in [3.05, 3.63) is 35.6 Å². The van der Waals surface area contributed by atoms with Crippen LogP contribution in [0.4, 0.5) is 4.39 Å². The number of rotatable bonds is 1. The Balaban J connectivity index is 2.83. The molecule has 0 radical (unpaired) electrons. The summed E-state index contributed by atoms with van der Waals surface area (Å²) in [6, 6.07) is 6.92. The summed E-state index contributed by atoms with van der Waals surface area (Å²) in [5, 5.41) is 0.928. The molecule has 0 N–H and O–H groups in total. The Morgan fingerprint density at radius 3 is 2.35 bits per heavy atom. The minimum absolute atomic E-state index is 0.217. The lowest BCUT2D eigenvalue weighted by atomic mass is 9.85. The van der Waals surface area contributed by atoms with Crippen molar-refractivity contribution < 1.29 is 9.13 Å². The van der Waals surface area contributed by atoms with Crippen LogP contribution >= 0.6 is 0 Å². The molecular weight excluding hydrogens is 217 g/mol. The van der Waals surface area contributed by atoms with Gasteiger partial charge in [-0.3, -0.25) is 0 Å². The summed E-state index contributed by atoms with van der Waals surface area (Å²) in [6.45, 7) is 5.93. The quantitative estimate of drug-likeness (QED) is 0.749. The largest absolute Gasteiger partial charge is 0.481 e. The van der Waals surface area contributed by atoms with Gasteiger partial charge in [0.2, 0.25) is 5.88 Å². The highest BCUT2D eigenvalue weighted by Crippen LogP contribution is 2.32. The summed E-state index contributed by atoms with van der Waals surface area (Å²) in [7, 11) is 1.56. The van der Waals surface area contributed by atoms with Crippen molar-refractivity contribution in [3.8, 4) is 5.88 Å². The van der Waals surface area contributed by atoms with Crippen LogP contribution in [0.5, 0.6) is 5.88 Å². The molecule has 1 heterocycles. The van der Waals surface area contributed by atoms with Gasteiger partial charge in [0.1, 0.15) is 5.82 Å². The van der Waals surface area contributed by atoms with E-state index in [-0.39, 0.29) is 11.2 Å². The average molecular weight is 233 g/mol. The van der Waals surface area contributed by atoms with E-state index in [9.17, 15) is 4.39 Å². The van der Waals surface area contributed by atoms with E-state index in [1.54, 1.807) is 19.2 Å². The van der Waals surface area contributed by atoms with E-state index in [1.807, 2.05) is 26.8 Å². The second kappa shape index (κ2) is 3.99. The molecule has 0 unspecified atom stereocenters. The highest BCUT2D eigenvalue weighted by Gasteiger charge is 2.22. The number of pyridine rings is 1. The number of nitrogens with zero attached hydrogens (tertiary/aromatic N) is 1. The second-order valence-electron chi connectivity index (χ2n) is 5.10. The predicted molar refractivity (Wildman–Crippen MR) is 67.0 cm³/mol. The van der Waals surface area contributed by atoms with Crippen LogP contribution < -0.4 is 4.74 Å². The predicted octanol–water partition coefficient (Wildman–Crippen LogP) is 3.68. The molecule has 0 aliphatic carbocycles. The van der Waals surface area contributed by atoms with E-state index in [2.05, 4.69) is 4.98 Å². The number of benzene rings is 1. The first kappa shape index (κ1) is 11.8. The fraction of sp³-hybridized carbons (Fsp3) is 0.357. The van der Waals surface area contributed by atoms with Gasteiger partial charge in [-0.25, -0.2) is 9.37 Å². The summed E-state index contributed by atoms with van der Waals surface area (Å²) in [4.78, 5) is 4.36. The molecule has 0 bridgehead atoms. The summed E-state index contributed by atoms with van der Waals surface area (Å²) in [6.07, 6.45) is 0. The highest BCUT2D eigenvalue weighted by atomic mass is 19.1. The molecule has 0 aliphatic rings. The van der Waals surface area contributed by atoms with Crippen LogP contribution in [-0.4, -0.2) is 12.1 Å². The van der Waals surface area contributed by atoms with Gasteiger partial charge in [-0.15, -0.1) is 0 Å². The number of methoxy groups -OCH3 is 1. The van der Waals surface area contributed by atoms with Crippen LogP contribution in [0, 0.1) is 5.82 Å². The number of halogens is 1. The molecule has 1 aromatic heterocycles. The van der Waals surface area contributed by atoms with Gasteiger partial charge in [0, 0.05) is 17.0 Å². The van der Waals surface area contributed by atoms with Gasteiger partial charge < -0.3 is 4.74 Å². The second-order valence-corrected chi connectivity index (χ2v) is 5.10. The summed E-state index contributed by atoms with van der Waals surface area (Å²) in [5.41, 5.74) is 1.02. The van der Waals surface area contributed by atoms with Crippen LogP contribution in [0.3, 0.4) is 0 Å². The lowest BCUT2D eigenvalue weighted by Gasteiger charge is -2.21. The molecule has 0 spiro atoms. The topological polar surface area (TPSA) is 22.1 Å². The number of hydrogen-bond acceptors (Lipinski definition) is 2. The fourth-order valence-electron chi connectivity index (χ4n) is 1.97. The SMILES string of the molecule is COc1ccc2ccc(F)c(C(C)(C)C)c2n1. The third kappa shape index (κ3) is 2.09. The van der Waals surface area contributed by atoms with Gasteiger partial charge >= 0.3 is 0 Å². The van der Waals surface area contributed by atoms with Crippen molar-refractivity contribution in [2.45, 2.75) is 26.2 Å². The van der Waals surface area contributed by atoms with E-state index >= 15 is 0 Å². The fourth-order valence-corrected chi connectivity index (χ4v) is 1.97. The van der Waals surface area contributed by atoms with E-state index in [0.29, 0.717) is 17.0 Å². The van der Waals surface area contributed by atoms with Crippen molar-refractivity contribution in [1.82, 2.24) is 4.98 Å². The zero-order chi connectivity index (χ0) is 12.6. The molecule has 0 saturated carbocycles. The van der Waals surface area contributed by atoms with Crippen molar-refractivity contribution in [1.29, 1.82) is 0 Å². The molecule has 0 saturated heterocycles.